The van der Waals surface area contributed by atoms with Gasteiger partial charge in [0.05, 0.1) is 19.3 Å². The van der Waals surface area contributed by atoms with Crippen molar-refractivity contribution >= 4 is 11.6 Å². The van der Waals surface area contributed by atoms with E-state index in [9.17, 15) is 8.78 Å². The number of para-hydroxylation sites is 2. The van der Waals surface area contributed by atoms with E-state index >= 15 is 0 Å². The first-order chi connectivity index (χ1) is 14.6. The molecule has 162 valence electrons. The van der Waals surface area contributed by atoms with Crippen LogP contribution < -0.4 is 25.0 Å². The Kier molecular flexibility index (Phi) is 7.64. The van der Waals surface area contributed by atoms with E-state index in [0.29, 0.717) is 30.6 Å². The van der Waals surface area contributed by atoms with Crippen LogP contribution in [0.1, 0.15) is 18.9 Å². The predicted octanol–water partition coefficient (Wildman–Crippen LogP) is 3.03. The van der Waals surface area contributed by atoms with Gasteiger partial charge in [-0.2, -0.15) is 8.78 Å². The van der Waals surface area contributed by atoms with Gasteiger partial charge >= 0.3 is 6.61 Å². The molecule has 1 aromatic carbocycles. The van der Waals surface area contributed by atoms with E-state index in [1.54, 1.807) is 37.6 Å². The largest absolute Gasteiger partial charge is 0.481 e. The van der Waals surface area contributed by atoms with E-state index in [1.807, 2.05) is 24.0 Å². The third-order valence-corrected chi connectivity index (χ3v) is 4.72. The Bertz CT molecular complexity index is 832. The molecule has 1 aliphatic rings. The second-order valence-electron chi connectivity index (χ2n) is 6.83. The number of methoxy groups -OCH3 is 1. The molecule has 1 aliphatic heterocycles. The smallest absolute Gasteiger partial charge is 0.387 e. The van der Waals surface area contributed by atoms with Crippen LogP contribution >= 0.6 is 0 Å². The number of rotatable bonds is 8. The molecule has 3 rings (SSSR count). The van der Waals surface area contributed by atoms with Crippen molar-refractivity contribution in [2.75, 3.05) is 31.6 Å². The minimum Gasteiger partial charge on any atom is -0.481 e. The van der Waals surface area contributed by atoms with Gasteiger partial charge in [0.15, 0.2) is 5.96 Å². The summed E-state index contributed by atoms with van der Waals surface area (Å²) in [6.45, 7) is 1.77. The molecule has 0 saturated carbocycles. The van der Waals surface area contributed by atoms with Crippen LogP contribution in [0.3, 0.4) is 0 Å². The average molecular weight is 419 g/mol. The van der Waals surface area contributed by atoms with Crippen LogP contribution in [0.15, 0.2) is 47.6 Å². The molecule has 2 N–H and O–H groups in total. The second kappa shape index (κ2) is 10.6. The average Bonchev–Trinajstić information content (AvgIpc) is 3.21. The molecule has 0 bridgehead atoms. The molecule has 0 amide bonds. The van der Waals surface area contributed by atoms with Gasteiger partial charge in [-0.25, -0.2) is 9.98 Å². The fraction of sp³-hybridized carbons (Fsp3) is 0.429. The number of hydrogen-bond acceptors (Lipinski definition) is 5. The zero-order valence-corrected chi connectivity index (χ0v) is 17.1. The molecule has 1 unspecified atom stereocenters. The molecule has 0 aliphatic carbocycles. The molecular weight excluding hydrogens is 392 g/mol. The Morgan fingerprint density at radius 1 is 1.30 bits per heavy atom. The number of aromatic nitrogens is 1. The minimum atomic E-state index is -2.84. The molecule has 1 atom stereocenters. The molecule has 0 spiro atoms. The molecular formula is C21H27F2N5O2. The molecule has 0 radical (unpaired) electrons. The Labute approximate surface area is 175 Å². The summed E-state index contributed by atoms with van der Waals surface area (Å²) in [5.74, 6) is 1.47. The molecule has 9 heteroatoms. The number of hydrogen-bond donors (Lipinski definition) is 2. The summed E-state index contributed by atoms with van der Waals surface area (Å²) in [5, 5.41) is 6.68. The Morgan fingerprint density at radius 2 is 2.13 bits per heavy atom. The van der Waals surface area contributed by atoms with Crippen molar-refractivity contribution in [3.8, 4) is 11.6 Å². The van der Waals surface area contributed by atoms with Crippen molar-refractivity contribution in [1.82, 2.24) is 15.6 Å². The van der Waals surface area contributed by atoms with E-state index in [4.69, 9.17) is 4.74 Å². The van der Waals surface area contributed by atoms with Gasteiger partial charge in [-0.1, -0.05) is 18.2 Å². The van der Waals surface area contributed by atoms with E-state index in [-0.39, 0.29) is 11.8 Å². The van der Waals surface area contributed by atoms with Crippen molar-refractivity contribution in [2.45, 2.75) is 32.5 Å². The maximum Gasteiger partial charge on any atom is 0.387 e. The first-order valence-electron chi connectivity index (χ1n) is 9.91. The molecule has 1 fully saturated rings. The molecule has 30 heavy (non-hydrogen) atoms. The normalized spacial score (nSPS) is 16.6. The van der Waals surface area contributed by atoms with Gasteiger partial charge in [-0.3, -0.25) is 0 Å². The third kappa shape index (κ3) is 5.95. The van der Waals surface area contributed by atoms with E-state index in [1.165, 1.54) is 0 Å². The lowest BCUT2D eigenvalue weighted by molar-refractivity contribution is -0.0495. The number of guanidine groups is 1. The number of benzene rings is 1. The number of aliphatic imine (C=N–C) groups is 1. The zero-order chi connectivity index (χ0) is 21.3. The summed E-state index contributed by atoms with van der Waals surface area (Å²) in [7, 11) is 1.58. The first-order valence-corrected chi connectivity index (χ1v) is 9.91. The summed E-state index contributed by atoms with van der Waals surface area (Å²) >= 11 is 0. The highest BCUT2D eigenvalue weighted by atomic mass is 19.3. The number of pyridine rings is 1. The summed E-state index contributed by atoms with van der Waals surface area (Å²) in [6, 6.07) is 10.7. The van der Waals surface area contributed by atoms with Crippen LogP contribution in [0, 0.1) is 0 Å². The summed E-state index contributed by atoms with van der Waals surface area (Å²) in [6.07, 6.45) is 2.60. The lowest BCUT2D eigenvalue weighted by Gasteiger charge is -2.22. The highest BCUT2D eigenvalue weighted by Crippen LogP contribution is 2.31. The SMILES string of the molecule is CCNC(=NCc1ccc(OC)nc1)NC1CCN(c2ccccc2OC(F)F)C1. The van der Waals surface area contributed by atoms with Crippen LogP contribution in [0.25, 0.3) is 0 Å². The topological polar surface area (TPSA) is 71.0 Å². The second-order valence-corrected chi connectivity index (χ2v) is 6.83. The minimum absolute atomic E-state index is 0.136. The lowest BCUT2D eigenvalue weighted by atomic mass is 10.2. The fourth-order valence-corrected chi connectivity index (χ4v) is 3.32. The standard InChI is InChI=1S/C21H27F2N5O2/c1-3-24-21(26-13-15-8-9-19(29-2)25-12-15)27-16-10-11-28(14-16)17-6-4-5-7-18(17)30-20(22)23/h4-9,12,16,20H,3,10-11,13-14H2,1-2H3,(H2,24,26,27). The Hall–Kier alpha value is -3.10. The maximum absolute atomic E-state index is 12.7. The summed E-state index contributed by atoms with van der Waals surface area (Å²) in [5.41, 5.74) is 1.65. The lowest BCUT2D eigenvalue weighted by Crippen LogP contribution is -2.44. The van der Waals surface area contributed by atoms with Gasteiger partial charge in [0, 0.05) is 37.9 Å². The van der Waals surface area contributed by atoms with Gasteiger partial charge < -0.3 is 25.0 Å². The Balaban J connectivity index is 1.61. The van der Waals surface area contributed by atoms with E-state index in [0.717, 1.165) is 25.1 Å². The van der Waals surface area contributed by atoms with Gasteiger partial charge in [0.1, 0.15) is 5.75 Å². The van der Waals surface area contributed by atoms with Crippen molar-refractivity contribution in [1.29, 1.82) is 0 Å². The molecule has 2 heterocycles. The predicted molar refractivity (Wildman–Crippen MR) is 112 cm³/mol. The first kappa shape index (κ1) is 21.6. The van der Waals surface area contributed by atoms with Crippen LogP contribution in [0.5, 0.6) is 11.6 Å². The highest BCUT2D eigenvalue weighted by molar-refractivity contribution is 5.80. The van der Waals surface area contributed by atoms with Crippen LogP contribution in [0.4, 0.5) is 14.5 Å². The quantitative estimate of drug-likeness (QED) is 0.506. The number of nitrogens with one attached hydrogen (secondary N) is 2. The molecule has 1 saturated heterocycles. The molecule has 2 aromatic rings. The Morgan fingerprint density at radius 3 is 2.83 bits per heavy atom. The number of anilines is 1. The number of ether oxygens (including phenoxy) is 2. The van der Waals surface area contributed by atoms with Gasteiger partial charge in [-0.15, -0.1) is 0 Å². The number of alkyl halides is 2. The van der Waals surface area contributed by atoms with Gasteiger partial charge in [0.2, 0.25) is 5.88 Å². The monoisotopic (exact) mass is 419 g/mol. The number of nitrogens with zero attached hydrogens (tertiary/aromatic N) is 3. The van der Waals surface area contributed by atoms with E-state index in [2.05, 4.69) is 25.3 Å². The number of halogens is 2. The fourth-order valence-electron chi connectivity index (χ4n) is 3.32. The summed E-state index contributed by atoms with van der Waals surface area (Å²) in [4.78, 5) is 10.9. The highest BCUT2D eigenvalue weighted by Gasteiger charge is 2.26. The van der Waals surface area contributed by atoms with Crippen LogP contribution in [-0.2, 0) is 6.54 Å². The van der Waals surface area contributed by atoms with Crippen LogP contribution in [-0.4, -0.2) is 50.3 Å². The van der Waals surface area contributed by atoms with Crippen molar-refractivity contribution in [3.63, 3.8) is 0 Å². The molecule has 1 aromatic heterocycles. The molecule has 7 nitrogen and oxygen atoms in total. The van der Waals surface area contributed by atoms with Crippen molar-refractivity contribution in [3.05, 3.63) is 48.2 Å². The van der Waals surface area contributed by atoms with Crippen LogP contribution in [0.2, 0.25) is 0 Å². The van der Waals surface area contributed by atoms with Gasteiger partial charge in [0.25, 0.3) is 0 Å². The van der Waals surface area contributed by atoms with Crippen molar-refractivity contribution in [2.24, 2.45) is 4.99 Å². The maximum atomic E-state index is 12.7. The van der Waals surface area contributed by atoms with Gasteiger partial charge in [-0.05, 0) is 31.0 Å². The van der Waals surface area contributed by atoms with Crippen molar-refractivity contribution < 1.29 is 18.3 Å². The zero-order valence-electron chi connectivity index (χ0n) is 17.1. The van der Waals surface area contributed by atoms with E-state index < -0.39 is 6.61 Å². The summed E-state index contributed by atoms with van der Waals surface area (Å²) < 4.78 is 35.1. The third-order valence-electron chi connectivity index (χ3n) is 4.72.